The Labute approximate surface area is 114 Å². The van der Waals surface area contributed by atoms with Crippen molar-refractivity contribution in [1.82, 2.24) is 4.90 Å². The van der Waals surface area contributed by atoms with Gasteiger partial charge in [-0.1, -0.05) is 0 Å². The zero-order valence-electron chi connectivity index (χ0n) is 11.8. The molecule has 0 spiro atoms. The topological polar surface area (TPSA) is 23.6 Å². The van der Waals surface area contributed by atoms with Crippen molar-refractivity contribution in [2.45, 2.75) is 25.8 Å². The van der Waals surface area contributed by atoms with Crippen molar-refractivity contribution in [2.24, 2.45) is 0 Å². The highest BCUT2D eigenvalue weighted by Crippen LogP contribution is 2.24. The number of likely N-dealkylation sites (N-methyl/N-ethyl adjacent to an activating group) is 2. The number of likely N-dealkylation sites (tertiary alicyclic amines) is 1. The summed E-state index contributed by atoms with van der Waals surface area (Å²) in [6, 6.07) is 4.94. The Morgan fingerprint density at radius 3 is 2.84 bits per heavy atom. The van der Waals surface area contributed by atoms with Crippen LogP contribution in [0.1, 0.15) is 30.1 Å². The molecule has 1 aliphatic rings. The molecule has 0 aliphatic carbocycles. The highest BCUT2D eigenvalue weighted by molar-refractivity contribution is 5.99. The predicted octanol–water partition coefficient (Wildman–Crippen LogP) is 2.56. The number of halogens is 1. The number of rotatable bonds is 4. The van der Waals surface area contributed by atoms with Crippen LogP contribution in [0.2, 0.25) is 0 Å². The zero-order valence-corrected chi connectivity index (χ0v) is 11.8. The number of benzene rings is 1. The molecule has 1 saturated heterocycles. The third kappa shape index (κ3) is 3.13. The van der Waals surface area contributed by atoms with Gasteiger partial charge in [0.15, 0.2) is 5.78 Å². The average Bonchev–Trinajstić information content (AvgIpc) is 2.74. The second-order valence-corrected chi connectivity index (χ2v) is 5.37. The fraction of sp³-hybridized carbons (Fsp3) is 0.533. The molecule has 1 fully saturated rings. The zero-order chi connectivity index (χ0) is 14.0. The van der Waals surface area contributed by atoms with Gasteiger partial charge < -0.3 is 9.80 Å². The summed E-state index contributed by atoms with van der Waals surface area (Å²) in [6.45, 7) is 3.47. The third-order valence-electron chi connectivity index (χ3n) is 3.91. The molecule has 0 saturated carbocycles. The molecule has 1 aliphatic heterocycles. The van der Waals surface area contributed by atoms with Gasteiger partial charge >= 0.3 is 0 Å². The molecule has 1 atom stereocenters. The maximum atomic E-state index is 13.3. The van der Waals surface area contributed by atoms with Crippen molar-refractivity contribution in [3.05, 3.63) is 29.6 Å². The van der Waals surface area contributed by atoms with Crippen molar-refractivity contribution in [3.8, 4) is 0 Å². The number of anilines is 1. The van der Waals surface area contributed by atoms with Crippen molar-refractivity contribution >= 4 is 11.5 Å². The maximum Gasteiger partial charge on any atom is 0.161 e. The van der Waals surface area contributed by atoms with Crippen LogP contribution in [0.25, 0.3) is 0 Å². The monoisotopic (exact) mass is 264 g/mol. The van der Waals surface area contributed by atoms with E-state index in [1.54, 1.807) is 6.07 Å². The lowest BCUT2D eigenvalue weighted by atomic mass is 10.1. The minimum atomic E-state index is -0.361. The summed E-state index contributed by atoms with van der Waals surface area (Å²) >= 11 is 0. The Hall–Kier alpha value is -1.42. The van der Waals surface area contributed by atoms with Crippen LogP contribution in [0.5, 0.6) is 0 Å². The van der Waals surface area contributed by atoms with E-state index in [1.165, 1.54) is 31.9 Å². The molecule has 0 bridgehead atoms. The molecule has 4 heteroatoms. The number of nitrogens with zero attached hydrogens (tertiary/aromatic N) is 2. The first kappa shape index (κ1) is 14.0. The van der Waals surface area contributed by atoms with Crippen molar-refractivity contribution < 1.29 is 9.18 Å². The van der Waals surface area contributed by atoms with E-state index in [9.17, 15) is 9.18 Å². The molecule has 0 amide bonds. The Morgan fingerprint density at radius 2 is 2.26 bits per heavy atom. The predicted molar refractivity (Wildman–Crippen MR) is 75.3 cm³/mol. The first-order valence-electron chi connectivity index (χ1n) is 6.71. The molecule has 104 valence electrons. The van der Waals surface area contributed by atoms with Gasteiger partial charge in [0.05, 0.1) is 0 Å². The first-order valence-corrected chi connectivity index (χ1v) is 6.71. The van der Waals surface area contributed by atoms with Crippen molar-refractivity contribution in [2.75, 3.05) is 32.1 Å². The number of hydrogen-bond acceptors (Lipinski definition) is 3. The summed E-state index contributed by atoms with van der Waals surface area (Å²) in [7, 11) is 4.09. The highest BCUT2D eigenvalue weighted by Gasteiger charge is 2.23. The summed E-state index contributed by atoms with van der Waals surface area (Å²) in [6.07, 6.45) is 2.40. The molecule has 3 nitrogen and oxygen atoms in total. The van der Waals surface area contributed by atoms with Crippen LogP contribution in [0.4, 0.5) is 10.1 Å². The Morgan fingerprint density at radius 1 is 1.53 bits per heavy atom. The quantitative estimate of drug-likeness (QED) is 0.781. The van der Waals surface area contributed by atoms with Crippen LogP contribution < -0.4 is 4.90 Å². The normalized spacial score (nSPS) is 19.7. The van der Waals surface area contributed by atoms with Crippen molar-refractivity contribution in [1.29, 1.82) is 0 Å². The van der Waals surface area contributed by atoms with Gasteiger partial charge in [-0.15, -0.1) is 0 Å². The number of Topliss-reactive ketones (excluding diaryl/α,β-unsaturated/α-hetero) is 1. The smallest absolute Gasteiger partial charge is 0.161 e. The van der Waals surface area contributed by atoms with Gasteiger partial charge in [0, 0.05) is 30.9 Å². The highest BCUT2D eigenvalue weighted by atomic mass is 19.1. The summed E-state index contributed by atoms with van der Waals surface area (Å²) in [5.74, 6) is -0.457. The lowest BCUT2D eigenvalue weighted by molar-refractivity contribution is 0.101. The van der Waals surface area contributed by atoms with Crippen LogP contribution in [-0.4, -0.2) is 43.9 Å². The maximum absolute atomic E-state index is 13.3. The summed E-state index contributed by atoms with van der Waals surface area (Å²) < 4.78 is 13.3. The molecular formula is C15H21FN2O. The molecule has 0 N–H and O–H groups in total. The van der Waals surface area contributed by atoms with Crippen LogP contribution in [-0.2, 0) is 0 Å². The minimum absolute atomic E-state index is 0.0962. The van der Waals surface area contributed by atoms with Crippen LogP contribution in [0.15, 0.2) is 18.2 Å². The molecular weight excluding hydrogens is 243 g/mol. The lowest BCUT2D eigenvalue weighted by Crippen LogP contribution is -2.37. The molecule has 1 aromatic rings. The molecule has 19 heavy (non-hydrogen) atoms. The molecule has 0 aromatic heterocycles. The Kier molecular flexibility index (Phi) is 4.20. The first-order chi connectivity index (χ1) is 8.99. The van der Waals surface area contributed by atoms with E-state index in [4.69, 9.17) is 0 Å². The van der Waals surface area contributed by atoms with Crippen LogP contribution in [0.3, 0.4) is 0 Å². The van der Waals surface area contributed by atoms with E-state index < -0.39 is 0 Å². The van der Waals surface area contributed by atoms with Gasteiger partial charge in [-0.05, 0) is 51.6 Å². The van der Waals surface area contributed by atoms with E-state index in [0.29, 0.717) is 11.6 Å². The summed E-state index contributed by atoms with van der Waals surface area (Å²) in [4.78, 5) is 16.0. The fourth-order valence-corrected chi connectivity index (χ4v) is 2.75. The van der Waals surface area contributed by atoms with Gasteiger partial charge in [0.25, 0.3) is 0 Å². The van der Waals surface area contributed by atoms with E-state index in [1.807, 2.05) is 7.05 Å². The van der Waals surface area contributed by atoms with E-state index in [0.717, 1.165) is 18.8 Å². The fourth-order valence-electron chi connectivity index (χ4n) is 2.75. The molecule has 2 rings (SSSR count). The number of ketones is 1. The van der Waals surface area contributed by atoms with Gasteiger partial charge in [-0.2, -0.15) is 0 Å². The van der Waals surface area contributed by atoms with Crippen LogP contribution >= 0.6 is 0 Å². The minimum Gasteiger partial charge on any atom is -0.372 e. The number of carbonyl (C=O) groups is 1. The number of hydrogen-bond donors (Lipinski definition) is 0. The third-order valence-corrected chi connectivity index (χ3v) is 3.91. The Balaban J connectivity index is 2.18. The Bertz CT molecular complexity index is 475. The van der Waals surface area contributed by atoms with Crippen LogP contribution in [0, 0.1) is 5.82 Å². The largest absolute Gasteiger partial charge is 0.372 e. The second-order valence-electron chi connectivity index (χ2n) is 5.37. The number of carbonyl (C=O) groups excluding carboxylic acids is 1. The van der Waals surface area contributed by atoms with Gasteiger partial charge in [-0.25, -0.2) is 4.39 Å². The van der Waals surface area contributed by atoms with Gasteiger partial charge in [0.2, 0.25) is 0 Å². The summed E-state index contributed by atoms with van der Waals surface area (Å²) in [5.41, 5.74) is 1.28. The van der Waals surface area contributed by atoms with E-state index in [-0.39, 0.29) is 11.6 Å². The lowest BCUT2D eigenvalue weighted by Gasteiger charge is -2.28. The van der Waals surface area contributed by atoms with E-state index >= 15 is 0 Å². The molecule has 0 radical (unpaired) electrons. The van der Waals surface area contributed by atoms with Gasteiger partial charge in [0.1, 0.15) is 5.82 Å². The second kappa shape index (κ2) is 5.70. The summed E-state index contributed by atoms with van der Waals surface area (Å²) in [5, 5.41) is 0. The SMILES string of the molecule is CC(=O)c1cc(F)ccc1N(C)CC1CCCN1C. The molecule has 1 aromatic carbocycles. The van der Waals surface area contributed by atoms with E-state index in [2.05, 4.69) is 16.8 Å². The standard InChI is InChI=1S/C15H21FN2O/c1-11(19)14-9-12(16)6-7-15(14)18(3)10-13-5-4-8-17(13)2/h6-7,9,13H,4-5,8,10H2,1-3H3. The average molecular weight is 264 g/mol. The molecule has 1 heterocycles. The molecule has 1 unspecified atom stereocenters. The van der Waals surface area contributed by atoms with Crippen molar-refractivity contribution in [3.63, 3.8) is 0 Å². The van der Waals surface area contributed by atoms with Gasteiger partial charge in [-0.3, -0.25) is 4.79 Å².